The van der Waals surface area contributed by atoms with Crippen LogP contribution in [0.25, 0.3) is 0 Å². The molecule has 0 saturated carbocycles. The molecule has 13 heavy (non-hydrogen) atoms. The molecule has 68 valence electrons. The molecule has 2 aliphatic carbocycles. The molecule has 0 aromatic heterocycles. The van der Waals surface area contributed by atoms with Gasteiger partial charge < -0.3 is 0 Å². The minimum Gasteiger partial charge on any atom is -0.273 e. The van der Waals surface area contributed by atoms with E-state index in [4.69, 9.17) is 0 Å². The van der Waals surface area contributed by atoms with Crippen LogP contribution in [0.15, 0.2) is 35.5 Å². The Morgan fingerprint density at radius 1 is 1.31 bits per heavy atom. The first-order valence-corrected chi connectivity index (χ1v) is 4.27. The van der Waals surface area contributed by atoms with Crippen LogP contribution in [0, 0.1) is 12.2 Å². The Balaban J connectivity index is 0.000000215. The van der Waals surface area contributed by atoms with Crippen LogP contribution in [-0.2, 0) is 25.8 Å². The predicted molar refractivity (Wildman–Crippen MR) is 52.4 cm³/mol. The molecule has 0 amide bonds. The zero-order valence-electron chi connectivity index (χ0n) is 8.22. The van der Waals surface area contributed by atoms with Gasteiger partial charge in [0.1, 0.15) is 0 Å². The third-order valence-electron chi connectivity index (χ3n) is 1.95. The van der Waals surface area contributed by atoms with Crippen LogP contribution >= 0.6 is 0 Å². The minimum atomic E-state index is 0. The summed E-state index contributed by atoms with van der Waals surface area (Å²) >= 11 is 0. The summed E-state index contributed by atoms with van der Waals surface area (Å²) in [5.74, 6) is 0. The fourth-order valence-corrected chi connectivity index (χ4v) is 0.974. The molecular formula is C12H14Hf-2. The van der Waals surface area contributed by atoms with Crippen molar-refractivity contribution in [3.8, 4) is 0 Å². The first-order chi connectivity index (χ1) is 5.80. The van der Waals surface area contributed by atoms with E-state index in [1.54, 1.807) is 0 Å². The monoisotopic (exact) mass is 338 g/mol. The number of rotatable bonds is 0. The van der Waals surface area contributed by atoms with Crippen molar-refractivity contribution < 1.29 is 25.8 Å². The molecule has 2 rings (SSSR count). The molecular weight excluding hydrogens is 323 g/mol. The summed E-state index contributed by atoms with van der Waals surface area (Å²) in [6, 6.07) is 0. The summed E-state index contributed by atoms with van der Waals surface area (Å²) in [6.45, 7) is 4.24. The van der Waals surface area contributed by atoms with E-state index in [1.807, 2.05) is 12.2 Å². The van der Waals surface area contributed by atoms with E-state index in [9.17, 15) is 0 Å². The van der Waals surface area contributed by atoms with Gasteiger partial charge >= 0.3 is 0 Å². The molecule has 0 aromatic rings. The maximum atomic E-state index is 3.12. The molecule has 0 N–H and O–H groups in total. The predicted octanol–water partition coefficient (Wildman–Crippen LogP) is 3.39. The number of allylic oxidation sites excluding steroid dienone is 8. The van der Waals surface area contributed by atoms with Gasteiger partial charge in [0.15, 0.2) is 0 Å². The van der Waals surface area contributed by atoms with Gasteiger partial charge in [-0.05, 0) is 0 Å². The van der Waals surface area contributed by atoms with Gasteiger partial charge in [-0.2, -0.15) is 12.2 Å². The van der Waals surface area contributed by atoms with Gasteiger partial charge in [-0.3, -0.25) is 12.2 Å². The van der Waals surface area contributed by atoms with Gasteiger partial charge in [-0.1, -0.05) is 13.3 Å². The van der Waals surface area contributed by atoms with Crippen LogP contribution in [0.2, 0.25) is 0 Å². The van der Waals surface area contributed by atoms with Gasteiger partial charge in [-0.15, -0.1) is 13.3 Å². The van der Waals surface area contributed by atoms with Crippen LogP contribution in [-0.4, -0.2) is 0 Å². The molecule has 0 radical (unpaired) electrons. The standard InChI is InChI=1S/C7H9.C5H5.Hf/c1-6-4-3-5-7(6)2;1-2-4-5-3-1;/h3H,4H2,1-2H3;1-3H,4H2;/q2*-1;. The number of hydrogen-bond acceptors (Lipinski definition) is 0. The van der Waals surface area contributed by atoms with Crippen LogP contribution in [0.5, 0.6) is 0 Å². The van der Waals surface area contributed by atoms with Crippen molar-refractivity contribution in [3.05, 3.63) is 47.6 Å². The van der Waals surface area contributed by atoms with Gasteiger partial charge in [-0.25, -0.2) is 23.3 Å². The normalized spacial score (nSPS) is 17.1. The molecule has 0 fully saturated rings. The number of hydrogen-bond donors (Lipinski definition) is 0. The smallest absolute Gasteiger partial charge is 0 e. The average molecular weight is 337 g/mol. The first-order valence-electron chi connectivity index (χ1n) is 4.27. The van der Waals surface area contributed by atoms with E-state index >= 15 is 0 Å². The van der Waals surface area contributed by atoms with Crippen molar-refractivity contribution in [3.63, 3.8) is 0 Å². The Hall–Kier alpha value is -0.170. The van der Waals surface area contributed by atoms with Crippen molar-refractivity contribution in [2.45, 2.75) is 26.7 Å². The van der Waals surface area contributed by atoms with Crippen molar-refractivity contribution in [1.82, 2.24) is 0 Å². The summed E-state index contributed by atoms with van der Waals surface area (Å²) in [4.78, 5) is 0. The molecule has 1 heteroatoms. The maximum Gasteiger partial charge on any atom is 0 e. The summed E-state index contributed by atoms with van der Waals surface area (Å²) in [7, 11) is 0. The SMILES string of the molecule is CC1=C(C)CC=[C-]1.[C-]1=CC=CC1.[Hf]. The van der Waals surface area contributed by atoms with Crippen LogP contribution in [0.1, 0.15) is 26.7 Å². The molecule has 0 spiro atoms. The van der Waals surface area contributed by atoms with Gasteiger partial charge in [0, 0.05) is 25.8 Å². The zero-order chi connectivity index (χ0) is 8.81. The van der Waals surface area contributed by atoms with Crippen molar-refractivity contribution >= 4 is 0 Å². The van der Waals surface area contributed by atoms with E-state index < -0.39 is 0 Å². The summed E-state index contributed by atoms with van der Waals surface area (Å²) < 4.78 is 0. The van der Waals surface area contributed by atoms with E-state index in [0.717, 1.165) is 12.8 Å². The second-order valence-electron chi connectivity index (χ2n) is 2.96. The fraction of sp³-hybridized carbons (Fsp3) is 0.333. The average Bonchev–Trinajstić information content (AvgIpc) is 2.67. The third-order valence-corrected chi connectivity index (χ3v) is 1.95. The molecule has 0 unspecified atom stereocenters. The van der Waals surface area contributed by atoms with Crippen LogP contribution in [0.4, 0.5) is 0 Å². The van der Waals surface area contributed by atoms with Crippen LogP contribution < -0.4 is 0 Å². The molecule has 0 bridgehead atoms. The Morgan fingerprint density at radius 3 is 2.23 bits per heavy atom. The van der Waals surface area contributed by atoms with Crippen molar-refractivity contribution in [1.29, 1.82) is 0 Å². The van der Waals surface area contributed by atoms with E-state index in [2.05, 4.69) is 38.2 Å². The van der Waals surface area contributed by atoms with E-state index in [1.165, 1.54) is 11.1 Å². The molecule has 0 saturated heterocycles. The maximum absolute atomic E-state index is 3.12. The van der Waals surface area contributed by atoms with Gasteiger partial charge in [0.25, 0.3) is 0 Å². The van der Waals surface area contributed by atoms with Crippen molar-refractivity contribution in [2.24, 2.45) is 0 Å². The van der Waals surface area contributed by atoms with E-state index in [-0.39, 0.29) is 25.8 Å². The van der Waals surface area contributed by atoms with Gasteiger partial charge in [0.05, 0.1) is 0 Å². The molecule has 2 aliphatic rings. The molecule has 0 aliphatic heterocycles. The summed E-state index contributed by atoms with van der Waals surface area (Å²) in [5, 5.41) is 0. The minimum absolute atomic E-state index is 0. The topological polar surface area (TPSA) is 0 Å². The Morgan fingerprint density at radius 2 is 2.08 bits per heavy atom. The largest absolute Gasteiger partial charge is 0.273 e. The summed E-state index contributed by atoms with van der Waals surface area (Å²) in [6.07, 6.45) is 16.3. The van der Waals surface area contributed by atoms with E-state index in [0.29, 0.717) is 0 Å². The molecule has 0 aromatic carbocycles. The summed E-state index contributed by atoms with van der Waals surface area (Å²) in [5.41, 5.74) is 2.78. The fourth-order valence-electron chi connectivity index (χ4n) is 0.974. The van der Waals surface area contributed by atoms with Crippen molar-refractivity contribution in [2.75, 3.05) is 0 Å². The first kappa shape index (κ1) is 12.8. The Kier molecular flexibility index (Phi) is 7.16. The quantitative estimate of drug-likeness (QED) is 0.470. The third kappa shape index (κ3) is 5.20. The van der Waals surface area contributed by atoms with Crippen LogP contribution in [0.3, 0.4) is 0 Å². The Bertz CT molecular complexity index is 244. The molecule has 0 atom stereocenters. The van der Waals surface area contributed by atoms with Gasteiger partial charge in [0.2, 0.25) is 0 Å². The molecule has 0 heterocycles. The Labute approximate surface area is 99.9 Å². The zero-order valence-corrected chi connectivity index (χ0v) is 11.8. The second kappa shape index (κ2) is 7.25. The molecule has 0 nitrogen and oxygen atoms in total. The second-order valence-corrected chi connectivity index (χ2v) is 2.96.